The van der Waals surface area contributed by atoms with E-state index in [0.717, 1.165) is 5.56 Å². The van der Waals surface area contributed by atoms with Crippen molar-refractivity contribution in [3.8, 4) is 5.75 Å². The van der Waals surface area contributed by atoms with E-state index in [-0.39, 0.29) is 5.78 Å². The monoisotopic (exact) mass is 240 g/mol. The van der Waals surface area contributed by atoms with E-state index in [2.05, 4.69) is 0 Å². The van der Waals surface area contributed by atoms with Crippen LogP contribution in [0.5, 0.6) is 5.75 Å². The number of ketones is 1. The highest BCUT2D eigenvalue weighted by Crippen LogP contribution is 2.21. The average Bonchev–Trinajstić information content (AvgIpc) is 2.40. The second-order valence-corrected chi connectivity index (χ2v) is 4.12. The molecular formula is C16H16O2. The summed E-state index contributed by atoms with van der Waals surface area (Å²) in [5.74, 6) is 0.643. The zero-order chi connectivity index (χ0) is 13.0. The Morgan fingerprint density at radius 1 is 1.06 bits per heavy atom. The smallest absolute Gasteiger partial charge is 0.196 e. The first kappa shape index (κ1) is 12.4. The van der Waals surface area contributed by atoms with E-state index in [1.807, 2.05) is 56.3 Å². The summed E-state index contributed by atoms with van der Waals surface area (Å²) < 4.78 is 5.48. The lowest BCUT2D eigenvalue weighted by Gasteiger charge is -2.09. The normalized spacial score (nSPS) is 10.1. The molecule has 0 aliphatic rings. The molecule has 92 valence electrons. The Morgan fingerprint density at radius 3 is 2.39 bits per heavy atom. The molecule has 0 bridgehead atoms. The number of ether oxygens (including phenoxy) is 1. The average molecular weight is 240 g/mol. The van der Waals surface area contributed by atoms with Crippen LogP contribution in [0.4, 0.5) is 0 Å². The third-order valence-electron chi connectivity index (χ3n) is 2.75. The molecule has 0 aliphatic heterocycles. The zero-order valence-corrected chi connectivity index (χ0v) is 10.6. The van der Waals surface area contributed by atoms with Crippen LogP contribution < -0.4 is 4.74 Å². The van der Waals surface area contributed by atoms with Crippen molar-refractivity contribution in [3.05, 3.63) is 65.2 Å². The lowest BCUT2D eigenvalue weighted by molar-refractivity contribution is 0.103. The molecule has 0 N–H and O–H groups in total. The van der Waals surface area contributed by atoms with E-state index in [1.54, 1.807) is 6.07 Å². The van der Waals surface area contributed by atoms with E-state index in [1.165, 1.54) is 0 Å². The highest BCUT2D eigenvalue weighted by Gasteiger charge is 2.13. The van der Waals surface area contributed by atoms with Crippen LogP contribution >= 0.6 is 0 Å². The minimum Gasteiger partial charge on any atom is -0.493 e. The standard InChI is InChI=1S/C16H16O2/c1-3-18-15-7-5-4-6-14(15)16(17)13-10-8-12(2)9-11-13/h4-11H,3H2,1-2H3. The summed E-state index contributed by atoms with van der Waals surface area (Å²) in [5.41, 5.74) is 2.44. The molecule has 0 heterocycles. The molecule has 2 heteroatoms. The van der Waals surface area contributed by atoms with Gasteiger partial charge in [-0.05, 0) is 26.0 Å². The summed E-state index contributed by atoms with van der Waals surface area (Å²) in [7, 11) is 0. The van der Waals surface area contributed by atoms with Crippen molar-refractivity contribution >= 4 is 5.78 Å². The van der Waals surface area contributed by atoms with Crippen LogP contribution in [0.3, 0.4) is 0 Å². The maximum Gasteiger partial charge on any atom is 0.196 e. The topological polar surface area (TPSA) is 26.3 Å². The van der Waals surface area contributed by atoms with Crippen LogP contribution in [0, 0.1) is 6.92 Å². The third-order valence-corrected chi connectivity index (χ3v) is 2.75. The van der Waals surface area contributed by atoms with Gasteiger partial charge in [0.15, 0.2) is 5.78 Å². The summed E-state index contributed by atoms with van der Waals surface area (Å²) in [6, 6.07) is 14.9. The molecule has 2 rings (SSSR count). The minimum absolute atomic E-state index is 0.000880. The lowest BCUT2D eigenvalue weighted by atomic mass is 10.0. The number of hydrogen-bond donors (Lipinski definition) is 0. The molecule has 0 atom stereocenters. The zero-order valence-electron chi connectivity index (χ0n) is 10.6. The minimum atomic E-state index is -0.000880. The molecule has 0 radical (unpaired) electrons. The molecule has 0 unspecified atom stereocenters. The number of carbonyl (C=O) groups is 1. The molecule has 18 heavy (non-hydrogen) atoms. The number of para-hydroxylation sites is 1. The van der Waals surface area contributed by atoms with Gasteiger partial charge in [0.25, 0.3) is 0 Å². The maximum absolute atomic E-state index is 12.4. The second kappa shape index (κ2) is 5.50. The van der Waals surface area contributed by atoms with Crippen molar-refractivity contribution in [2.45, 2.75) is 13.8 Å². The van der Waals surface area contributed by atoms with Gasteiger partial charge < -0.3 is 4.74 Å². The fourth-order valence-electron chi connectivity index (χ4n) is 1.80. The van der Waals surface area contributed by atoms with Gasteiger partial charge in [0.2, 0.25) is 0 Å². The van der Waals surface area contributed by atoms with Crippen LogP contribution in [0.2, 0.25) is 0 Å². The SMILES string of the molecule is CCOc1ccccc1C(=O)c1ccc(C)cc1. The lowest BCUT2D eigenvalue weighted by Crippen LogP contribution is -2.05. The fraction of sp³-hybridized carbons (Fsp3) is 0.188. The van der Waals surface area contributed by atoms with Crippen LogP contribution in [-0.2, 0) is 0 Å². The first-order chi connectivity index (χ1) is 8.72. The molecule has 0 aromatic heterocycles. The highest BCUT2D eigenvalue weighted by molar-refractivity contribution is 6.10. The molecule has 2 nitrogen and oxygen atoms in total. The van der Waals surface area contributed by atoms with Crippen molar-refractivity contribution in [2.24, 2.45) is 0 Å². The van der Waals surface area contributed by atoms with Crippen molar-refractivity contribution in [3.63, 3.8) is 0 Å². The quantitative estimate of drug-likeness (QED) is 0.763. The van der Waals surface area contributed by atoms with Gasteiger partial charge in [-0.25, -0.2) is 0 Å². The van der Waals surface area contributed by atoms with E-state index < -0.39 is 0 Å². The fourth-order valence-corrected chi connectivity index (χ4v) is 1.80. The molecule has 0 saturated carbocycles. The number of benzene rings is 2. The Labute approximate surface area is 107 Å². The van der Waals surface area contributed by atoms with Gasteiger partial charge in [-0.1, -0.05) is 42.0 Å². The summed E-state index contributed by atoms with van der Waals surface area (Å²) in [6.45, 7) is 4.47. The van der Waals surface area contributed by atoms with E-state index in [4.69, 9.17) is 4.74 Å². The second-order valence-electron chi connectivity index (χ2n) is 4.12. The Balaban J connectivity index is 2.36. The Kier molecular flexibility index (Phi) is 3.78. The van der Waals surface area contributed by atoms with Crippen molar-refractivity contribution in [2.75, 3.05) is 6.61 Å². The first-order valence-electron chi connectivity index (χ1n) is 6.05. The van der Waals surface area contributed by atoms with Crippen LogP contribution in [-0.4, -0.2) is 12.4 Å². The number of hydrogen-bond acceptors (Lipinski definition) is 2. The molecule has 2 aromatic rings. The summed E-state index contributed by atoms with van der Waals surface area (Å²) in [5, 5.41) is 0. The molecule has 0 amide bonds. The van der Waals surface area contributed by atoms with Gasteiger partial charge in [0.05, 0.1) is 12.2 Å². The van der Waals surface area contributed by atoms with Crippen LogP contribution in [0.25, 0.3) is 0 Å². The van der Waals surface area contributed by atoms with Crippen molar-refractivity contribution < 1.29 is 9.53 Å². The predicted molar refractivity (Wildman–Crippen MR) is 72.2 cm³/mol. The first-order valence-corrected chi connectivity index (χ1v) is 6.05. The van der Waals surface area contributed by atoms with Crippen molar-refractivity contribution in [1.82, 2.24) is 0 Å². The molecule has 0 fully saturated rings. The summed E-state index contributed by atoms with van der Waals surface area (Å²) in [6.07, 6.45) is 0. The van der Waals surface area contributed by atoms with Gasteiger partial charge in [-0.15, -0.1) is 0 Å². The van der Waals surface area contributed by atoms with E-state index in [0.29, 0.717) is 23.5 Å². The van der Waals surface area contributed by atoms with Crippen molar-refractivity contribution in [1.29, 1.82) is 0 Å². The number of aryl methyl sites for hydroxylation is 1. The summed E-state index contributed by atoms with van der Waals surface area (Å²) in [4.78, 5) is 12.4. The molecule has 0 aliphatic carbocycles. The van der Waals surface area contributed by atoms with Gasteiger partial charge in [-0.3, -0.25) is 4.79 Å². The van der Waals surface area contributed by atoms with Gasteiger partial charge in [-0.2, -0.15) is 0 Å². The predicted octanol–water partition coefficient (Wildman–Crippen LogP) is 3.62. The Bertz CT molecular complexity index is 541. The molecule has 0 spiro atoms. The molecule has 0 saturated heterocycles. The number of carbonyl (C=O) groups excluding carboxylic acids is 1. The van der Waals surface area contributed by atoms with E-state index in [9.17, 15) is 4.79 Å². The molecule has 2 aromatic carbocycles. The Hall–Kier alpha value is -2.09. The van der Waals surface area contributed by atoms with Crippen LogP contribution in [0.15, 0.2) is 48.5 Å². The highest BCUT2D eigenvalue weighted by atomic mass is 16.5. The van der Waals surface area contributed by atoms with Crippen LogP contribution in [0.1, 0.15) is 28.4 Å². The maximum atomic E-state index is 12.4. The summed E-state index contributed by atoms with van der Waals surface area (Å²) >= 11 is 0. The van der Waals surface area contributed by atoms with Gasteiger partial charge >= 0.3 is 0 Å². The largest absolute Gasteiger partial charge is 0.493 e. The van der Waals surface area contributed by atoms with Gasteiger partial charge in [0, 0.05) is 5.56 Å². The van der Waals surface area contributed by atoms with E-state index >= 15 is 0 Å². The number of rotatable bonds is 4. The Morgan fingerprint density at radius 2 is 1.72 bits per heavy atom. The molecular weight excluding hydrogens is 224 g/mol. The van der Waals surface area contributed by atoms with Gasteiger partial charge in [0.1, 0.15) is 5.75 Å². The third kappa shape index (κ3) is 2.59.